The summed E-state index contributed by atoms with van der Waals surface area (Å²) in [6.07, 6.45) is 2.44. The number of aromatic nitrogens is 1. The quantitative estimate of drug-likeness (QED) is 0.755. The van der Waals surface area contributed by atoms with Crippen LogP contribution in [0.15, 0.2) is 30.5 Å². The number of benzene rings is 1. The van der Waals surface area contributed by atoms with Gasteiger partial charge >= 0.3 is 0 Å². The van der Waals surface area contributed by atoms with Crippen molar-refractivity contribution in [2.24, 2.45) is 0 Å². The number of rotatable bonds is 5. The summed E-state index contributed by atoms with van der Waals surface area (Å²) in [4.78, 5) is 4.19. The minimum atomic E-state index is -0.903. The lowest BCUT2D eigenvalue weighted by Crippen LogP contribution is -2.00. The third-order valence-electron chi connectivity index (χ3n) is 2.74. The maximum atomic E-state index is 13.4. The Morgan fingerprint density at radius 2 is 2.00 bits per heavy atom. The van der Waals surface area contributed by atoms with Crippen molar-refractivity contribution in [3.63, 3.8) is 0 Å². The molecule has 2 aromatic rings. The minimum absolute atomic E-state index is 0.289. The second-order valence-electron chi connectivity index (χ2n) is 4.31. The highest BCUT2D eigenvalue weighted by Crippen LogP contribution is 2.30. The van der Waals surface area contributed by atoms with Crippen molar-refractivity contribution in [3.05, 3.63) is 47.7 Å². The van der Waals surface area contributed by atoms with Gasteiger partial charge in [-0.2, -0.15) is 0 Å². The predicted molar refractivity (Wildman–Crippen MR) is 74.9 cm³/mol. The summed E-state index contributed by atoms with van der Waals surface area (Å²) in [5.74, 6) is -1.10. The van der Waals surface area contributed by atoms with Gasteiger partial charge in [0.15, 0.2) is 11.6 Å². The van der Waals surface area contributed by atoms with E-state index in [1.165, 1.54) is 6.07 Å². The molecule has 0 aliphatic rings. The molecule has 0 aliphatic heterocycles. The number of ether oxygens (including phenoxy) is 1. The van der Waals surface area contributed by atoms with Gasteiger partial charge in [-0.1, -0.05) is 13.0 Å². The van der Waals surface area contributed by atoms with Gasteiger partial charge in [-0.3, -0.25) is 0 Å². The predicted octanol–water partition coefficient (Wildman–Crippen LogP) is 4.55. The summed E-state index contributed by atoms with van der Waals surface area (Å²) in [5.41, 5.74) is 1.90. The number of halogens is 3. The maximum Gasteiger partial charge on any atom is 0.221 e. The lowest BCUT2D eigenvalue weighted by atomic mass is 10.1. The topological polar surface area (TPSA) is 22.1 Å². The lowest BCUT2D eigenvalue weighted by molar-refractivity contribution is 0.306. The molecule has 1 heterocycles. The Morgan fingerprint density at radius 1 is 1.20 bits per heavy atom. The summed E-state index contributed by atoms with van der Waals surface area (Å²) in [5, 5.41) is 0. The van der Waals surface area contributed by atoms with Gasteiger partial charge in [-0.15, -0.1) is 11.6 Å². The molecule has 0 radical (unpaired) electrons. The summed E-state index contributed by atoms with van der Waals surface area (Å²) < 4.78 is 31.9. The van der Waals surface area contributed by atoms with E-state index in [1.807, 2.05) is 6.92 Å². The third kappa shape index (κ3) is 3.25. The fourth-order valence-electron chi connectivity index (χ4n) is 1.75. The SMILES string of the molecule is CCCOc1ncc(CCl)cc1-c1ccc(F)c(F)c1. The van der Waals surface area contributed by atoms with Crippen molar-refractivity contribution >= 4 is 11.6 Å². The highest BCUT2D eigenvalue weighted by Gasteiger charge is 2.12. The molecule has 1 aromatic heterocycles. The molecule has 0 saturated heterocycles. The number of hydrogen-bond donors (Lipinski definition) is 0. The van der Waals surface area contributed by atoms with Crippen LogP contribution in [0.1, 0.15) is 18.9 Å². The van der Waals surface area contributed by atoms with Crippen molar-refractivity contribution in [1.29, 1.82) is 0 Å². The van der Waals surface area contributed by atoms with Crippen molar-refractivity contribution in [3.8, 4) is 17.0 Å². The van der Waals surface area contributed by atoms with E-state index in [4.69, 9.17) is 16.3 Å². The van der Waals surface area contributed by atoms with E-state index >= 15 is 0 Å². The van der Waals surface area contributed by atoms with Gasteiger partial charge in [-0.25, -0.2) is 13.8 Å². The molecule has 0 spiro atoms. The van der Waals surface area contributed by atoms with Gasteiger partial charge in [0, 0.05) is 17.6 Å². The highest BCUT2D eigenvalue weighted by molar-refractivity contribution is 6.17. The molecule has 0 N–H and O–H groups in total. The lowest BCUT2D eigenvalue weighted by Gasteiger charge is -2.11. The Balaban J connectivity index is 2.47. The number of alkyl halides is 1. The van der Waals surface area contributed by atoms with Gasteiger partial charge in [0.2, 0.25) is 5.88 Å². The van der Waals surface area contributed by atoms with E-state index in [0.29, 0.717) is 23.6 Å². The Labute approximate surface area is 121 Å². The van der Waals surface area contributed by atoms with Crippen LogP contribution in [-0.2, 0) is 5.88 Å². The second-order valence-corrected chi connectivity index (χ2v) is 4.57. The molecule has 20 heavy (non-hydrogen) atoms. The Bertz CT molecular complexity index is 604. The molecular weight excluding hydrogens is 284 g/mol. The molecule has 0 bridgehead atoms. The zero-order chi connectivity index (χ0) is 14.5. The first kappa shape index (κ1) is 14.7. The standard InChI is InChI=1S/C15H14ClF2NO/c1-2-5-20-15-12(6-10(8-16)9-19-15)11-3-4-13(17)14(18)7-11/h3-4,6-7,9H,2,5,8H2,1H3. The zero-order valence-electron chi connectivity index (χ0n) is 11.0. The average molecular weight is 298 g/mol. The van der Waals surface area contributed by atoms with E-state index in [1.54, 1.807) is 12.3 Å². The van der Waals surface area contributed by atoms with Crippen molar-refractivity contribution in [2.75, 3.05) is 6.61 Å². The first-order valence-corrected chi connectivity index (χ1v) is 6.82. The Hall–Kier alpha value is -1.68. The van der Waals surface area contributed by atoms with Crippen LogP contribution < -0.4 is 4.74 Å². The second kappa shape index (κ2) is 6.66. The van der Waals surface area contributed by atoms with Crippen molar-refractivity contribution in [2.45, 2.75) is 19.2 Å². The summed E-state index contributed by atoms with van der Waals surface area (Å²) in [6.45, 7) is 2.48. The van der Waals surface area contributed by atoms with Crippen molar-refractivity contribution < 1.29 is 13.5 Å². The molecule has 5 heteroatoms. The minimum Gasteiger partial charge on any atom is -0.477 e. The molecule has 0 amide bonds. The first-order valence-electron chi connectivity index (χ1n) is 6.28. The van der Waals surface area contributed by atoms with E-state index in [-0.39, 0.29) is 5.88 Å². The summed E-state index contributed by atoms with van der Waals surface area (Å²) in [6, 6.07) is 5.48. The average Bonchev–Trinajstić information content (AvgIpc) is 2.48. The summed E-state index contributed by atoms with van der Waals surface area (Å²) in [7, 11) is 0. The number of pyridine rings is 1. The van der Waals surface area contributed by atoms with E-state index in [2.05, 4.69) is 4.98 Å². The third-order valence-corrected chi connectivity index (χ3v) is 3.04. The smallest absolute Gasteiger partial charge is 0.221 e. The molecule has 0 saturated carbocycles. The van der Waals surface area contributed by atoms with Gasteiger partial charge in [0.25, 0.3) is 0 Å². The van der Waals surface area contributed by atoms with E-state index in [0.717, 1.165) is 24.1 Å². The molecule has 2 rings (SSSR count). The zero-order valence-corrected chi connectivity index (χ0v) is 11.8. The molecule has 1 aromatic carbocycles. The van der Waals surface area contributed by atoms with Gasteiger partial charge in [-0.05, 0) is 35.7 Å². The molecule has 0 aliphatic carbocycles. The van der Waals surface area contributed by atoms with Crippen LogP contribution in [0.3, 0.4) is 0 Å². The number of nitrogens with zero attached hydrogens (tertiary/aromatic N) is 1. The van der Waals surface area contributed by atoms with E-state index < -0.39 is 11.6 Å². The molecule has 0 unspecified atom stereocenters. The van der Waals surface area contributed by atoms with Crippen LogP contribution >= 0.6 is 11.6 Å². The first-order chi connectivity index (χ1) is 9.65. The Kier molecular flexibility index (Phi) is 4.90. The monoisotopic (exact) mass is 297 g/mol. The molecule has 106 valence electrons. The van der Waals surface area contributed by atoms with Crippen LogP contribution in [0.25, 0.3) is 11.1 Å². The van der Waals surface area contributed by atoms with Gasteiger partial charge < -0.3 is 4.74 Å². The largest absolute Gasteiger partial charge is 0.477 e. The molecule has 0 atom stereocenters. The van der Waals surface area contributed by atoms with Crippen LogP contribution in [0.2, 0.25) is 0 Å². The molecular formula is C15H14ClF2NO. The highest BCUT2D eigenvalue weighted by atomic mass is 35.5. The maximum absolute atomic E-state index is 13.4. The molecule has 0 fully saturated rings. The fraction of sp³-hybridized carbons (Fsp3) is 0.267. The van der Waals surface area contributed by atoms with E-state index in [9.17, 15) is 8.78 Å². The van der Waals surface area contributed by atoms with Crippen LogP contribution in [-0.4, -0.2) is 11.6 Å². The van der Waals surface area contributed by atoms with Crippen LogP contribution in [0, 0.1) is 11.6 Å². The number of hydrogen-bond acceptors (Lipinski definition) is 2. The van der Waals surface area contributed by atoms with Crippen molar-refractivity contribution in [1.82, 2.24) is 4.98 Å². The molecule has 2 nitrogen and oxygen atoms in total. The van der Waals surface area contributed by atoms with Gasteiger partial charge in [0.1, 0.15) is 0 Å². The summed E-state index contributed by atoms with van der Waals surface area (Å²) >= 11 is 5.78. The normalized spacial score (nSPS) is 10.6. The fourth-order valence-corrected chi connectivity index (χ4v) is 1.90. The van der Waals surface area contributed by atoms with Crippen LogP contribution in [0.4, 0.5) is 8.78 Å². The Morgan fingerprint density at radius 3 is 2.65 bits per heavy atom. The van der Waals surface area contributed by atoms with Gasteiger partial charge in [0.05, 0.1) is 6.61 Å². The van der Waals surface area contributed by atoms with Crippen LogP contribution in [0.5, 0.6) is 5.88 Å².